The molecule has 8 heteroatoms. The standard InChI is InChI=1S/C20H20N4O3S/c1-15-3-2-4-18(11-15)28(26,27)24-14-20(25)23-13-16-5-10-22-19(12-16)17-6-8-21-9-7-17/h2-12,24H,13-14H2,1H3,(H,23,25). The quantitative estimate of drug-likeness (QED) is 0.636. The van der Waals surface area contributed by atoms with E-state index in [-0.39, 0.29) is 18.0 Å². The van der Waals surface area contributed by atoms with Crippen molar-refractivity contribution in [2.24, 2.45) is 0 Å². The number of carbonyl (C=O) groups excluding carboxylic acids is 1. The van der Waals surface area contributed by atoms with Crippen molar-refractivity contribution in [3.63, 3.8) is 0 Å². The molecule has 3 aromatic rings. The molecule has 2 heterocycles. The van der Waals surface area contributed by atoms with Gasteiger partial charge in [0.25, 0.3) is 0 Å². The van der Waals surface area contributed by atoms with Crippen molar-refractivity contribution in [2.75, 3.05) is 6.54 Å². The maximum atomic E-state index is 12.3. The summed E-state index contributed by atoms with van der Waals surface area (Å²) in [6.07, 6.45) is 5.04. The number of sulfonamides is 1. The van der Waals surface area contributed by atoms with Gasteiger partial charge in [-0.25, -0.2) is 13.1 Å². The highest BCUT2D eigenvalue weighted by atomic mass is 32.2. The molecule has 7 nitrogen and oxygen atoms in total. The van der Waals surface area contributed by atoms with Gasteiger partial charge in [-0.2, -0.15) is 0 Å². The molecule has 0 radical (unpaired) electrons. The first kappa shape index (κ1) is 19.7. The average molecular weight is 396 g/mol. The van der Waals surface area contributed by atoms with Gasteiger partial charge in [0.15, 0.2) is 0 Å². The van der Waals surface area contributed by atoms with Gasteiger partial charge in [-0.1, -0.05) is 12.1 Å². The Morgan fingerprint density at radius 2 is 1.82 bits per heavy atom. The molecule has 2 aromatic heterocycles. The third-order valence-electron chi connectivity index (χ3n) is 4.01. The van der Waals surface area contributed by atoms with Gasteiger partial charge in [-0.3, -0.25) is 14.8 Å². The molecule has 0 atom stereocenters. The first-order chi connectivity index (χ1) is 13.4. The van der Waals surface area contributed by atoms with Crippen LogP contribution >= 0.6 is 0 Å². The lowest BCUT2D eigenvalue weighted by Crippen LogP contribution is -2.36. The van der Waals surface area contributed by atoms with E-state index < -0.39 is 15.9 Å². The molecule has 0 saturated carbocycles. The van der Waals surface area contributed by atoms with Gasteiger partial charge in [0.05, 0.1) is 17.1 Å². The zero-order chi connectivity index (χ0) is 20.0. The Labute approximate surface area is 163 Å². The predicted molar refractivity (Wildman–Crippen MR) is 106 cm³/mol. The molecule has 0 unspecified atom stereocenters. The molecule has 1 aromatic carbocycles. The smallest absolute Gasteiger partial charge is 0.241 e. The molecule has 2 N–H and O–H groups in total. The van der Waals surface area contributed by atoms with E-state index in [1.807, 2.05) is 18.2 Å². The number of nitrogens with zero attached hydrogens (tertiary/aromatic N) is 2. The Hall–Kier alpha value is -3.10. The zero-order valence-corrected chi connectivity index (χ0v) is 16.1. The first-order valence-electron chi connectivity index (χ1n) is 8.62. The molecule has 1 amide bonds. The highest BCUT2D eigenvalue weighted by Crippen LogP contribution is 2.16. The lowest BCUT2D eigenvalue weighted by Gasteiger charge is -2.09. The summed E-state index contributed by atoms with van der Waals surface area (Å²) in [7, 11) is -3.73. The third kappa shape index (κ3) is 5.21. The summed E-state index contributed by atoms with van der Waals surface area (Å²) in [6.45, 7) is 1.74. The third-order valence-corrected chi connectivity index (χ3v) is 5.41. The van der Waals surface area contributed by atoms with Crippen LogP contribution in [-0.4, -0.2) is 30.8 Å². The van der Waals surface area contributed by atoms with Crippen LogP contribution in [0, 0.1) is 6.92 Å². The molecule has 0 bridgehead atoms. The molecule has 0 fully saturated rings. The molecule has 0 spiro atoms. The number of hydrogen-bond acceptors (Lipinski definition) is 5. The molecule has 0 aliphatic heterocycles. The van der Waals surface area contributed by atoms with Gasteiger partial charge in [-0.15, -0.1) is 0 Å². The fourth-order valence-electron chi connectivity index (χ4n) is 2.55. The Balaban J connectivity index is 1.56. The van der Waals surface area contributed by atoms with Crippen molar-refractivity contribution in [2.45, 2.75) is 18.4 Å². The van der Waals surface area contributed by atoms with Gasteiger partial charge in [0.2, 0.25) is 15.9 Å². The summed E-state index contributed by atoms with van der Waals surface area (Å²) < 4.78 is 26.8. The number of nitrogens with one attached hydrogen (secondary N) is 2. The highest BCUT2D eigenvalue weighted by molar-refractivity contribution is 7.89. The van der Waals surface area contributed by atoms with Gasteiger partial charge < -0.3 is 5.32 Å². The van der Waals surface area contributed by atoms with Crippen molar-refractivity contribution in [3.05, 3.63) is 78.2 Å². The van der Waals surface area contributed by atoms with Gasteiger partial charge in [-0.05, 0) is 54.4 Å². The Morgan fingerprint density at radius 1 is 1.04 bits per heavy atom. The fraction of sp³-hybridized carbons (Fsp3) is 0.150. The number of pyridine rings is 2. The lowest BCUT2D eigenvalue weighted by molar-refractivity contribution is -0.120. The van der Waals surface area contributed by atoms with E-state index in [2.05, 4.69) is 20.0 Å². The van der Waals surface area contributed by atoms with Gasteiger partial charge in [0.1, 0.15) is 0 Å². The van der Waals surface area contributed by atoms with Crippen LogP contribution in [0.15, 0.2) is 72.0 Å². The molecule has 0 saturated heterocycles. The SMILES string of the molecule is Cc1cccc(S(=O)(=O)NCC(=O)NCc2ccnc(-c3ccncc3)c2)c1. The van der Waals surface area contributed by atoms with E-state index in [0.29, 0.717) is 0 Å². The van der Waals surface area contributed by atoms with Crippen LogP contribution in [0.2, 0.25) is 0 Å². The first-order valence-corrected chi connectivity index (χ1v) is 10.1. The predicted octanol–water partition coefficient (Wildman–Crippen LogP) is 2.05. The number of hydrogen-bond donors (Lipinski definition) is 2. The maximum absolute atomic E-state index is 12.3. The number of amides is 1. The summed E-state index contributed by atoms with van der Waals surface area (Å²) in [5.74, 6) is -0.418. The van der Waals surface area contributed by atoms with E-state index in [9.17, 15) is 13.2 Å². The van der Waals surface area contributed by atoms with Crippen LogP contribution in [-0.2, 0) is 21.4 Å². The number of aryl methyl sites for hydroxylation is 1. The Morgan fingerprint density at radius 3 is 2.57 bits per heavy atom. The second-order valence-corrected chi connectivity index (χ2v) is 7.97. The van der Waals surface area contributed by atoms with Crippen molar-refractivity contribution in [3.8, 4) is 11.3 Å². The van der Waals surface area contributed by atoms with Crippen LogP contribution in [0.25, 0.3) is 11.3 Å². The van der Waals surface area contributed by atoms with E-state index in [1.165, 1.54) is 6.07 Å². The number of benzene rings is 1. The van der Waals surface area contributed by atoms with Crippen molar-refractivity contribution in [1.29, 1.82) is 0 Å². The van der Waals surface area contributed by atoms with Gasteiger partial charge in [0, 0.05) is 30.7 Å². The minimum Gasteiger partial charge on any atom is -0.351 e. The van der Waals surface area contributed by atoms with E-state index >= 15 is 0 Å². The summed E-state index contributed by atoms with van der Waals surface area (Å²) in [6, 6.07) is 13.9. The molecular formula is C20H20N4O3S. The molecule has 0 aliphatic rings. The van der Waals surface area contributed by atoms with Crippen LogP contribution < -0.4 is 10.0 Å². The molecule has 0 aliphatic carbocycles. The maximum Gasteiger partial charge on any atom is 0.241 e. The number of aromatic nitrogens is 2. The van der Waals surface area contributed by atoms with Gasteiger partial charge >= 0.3 is 0 Å². The van der Waals surface area contributed by atoms with E-state index in [0.717, 1.165) is 22.4 Å². The second-order valence-electron chi connectivity index (χ2n) is 6.20. The molecular weight excluding hydrogens is 376 g/mol. The largest absolute Gasteiger partial charge is 0.351 e. The monoisotopic (exact) mass is 396 g/mol. The molecule has 28 heavy (non-hydrogen) atoms. The van der Waals surface area contributed by atoms with Crippen molar-refractivity contribution in [1.82, 2.24) is 20.0 Å². The van der Waals surface area contributed by atoms with E-state index in [1.54, 1.807) is 49.8 Å². The topological polar surface area (TPSA) is 101 Å². The normalized spacial score (nSPS) is 11.2. The van der Waals surface area contributed by atoms with Crippen LogP contribution in [0.5, 0.6) is 0 Å². The van der Waals surface area contributed by atoms with Crippen molar-refractivity contribution >= 4 is 15.9 Å². The molecule has 144 valence electrons. The zero-order valence-electron chi connectivity index (χ0n) is 15.3. The summed E-state index contributed by atoms with van der Waals surface area (Å²) >= 11 is 0. The molecule has 3 rings (SSSR count). The summed E-state index contributed by atoms with van der Waals surface area (Å²) in [5.41, 5.74) is 3.38. The Kier molecular flexibility index (Phi) is 6.13. The van der Waals surface area contributed by atoms with Crippen LogP contribution in [0.4, 0.5) is 0 Å². The van der Waals surface area contributed by atoms with E-state index in [4.69, 9.17) is 0 Å². The number of rotatable bonds is 7. The lowest BCUT2D eigenvalue weighted by atomic mass is 10.1. The Bertz CT molecular complexity index is 1070. The number of carbonyl (C=O) groups is 1. The summed E-state index contributed by atoms with van der Waals surface area (Å²) in [4.78, 5) is 20.5. The highest BCUT2D eigenvalue weighted by Gasteiger charge is 2.15. The van der Waals surface area contributed by atoms with Crippen molar-refractivity contribution < 1.29 is 13.2 Å². The second kappa shape index (κ2) is 8.73. The summed E-state index contributed by atoms with van der Waals surface area (Å²) in [5, 5.41) is 2.71. The van der Waals surface area contributed by atoms with Crippen LogP contribution in [0.1, 0.15) is 11.1 Å². The van der Waals surface area contributed by atoms with Crippen LogP contribution in [0.3, 0.4) is 0 Å². The minimum absolute atomic E-state index is 0.136. The minimum atomic E-state index is -3.73. The fourth-order valence-corrected chi connectivity index (χ4v) is 3.64. The average Bonchev–Trinajstić information content (AvgIpc) is 2.72.